The normalized spacial score (nSPS) is 15.1. The zero-order valence-electron chi connectivity index (χ0n) is 22.7. The summed E-state index contributed by atoms with van der Waals surface area (Å²) in [5.74, 6) is -4.07. The minimum absolute atomic E-state index is 0.329. The van der Waals surface area contributed by atoms with E-state index in [4.69, 9.17) is 29.9 Å². The zero-order chi connectivity index (χ0) is 29.0. The van der Waals surface area contributed by atoms with Crippen molar-refractivity contribution in [2.24, 2.45) is 0 Å². The molecule has 12 nitrogen and oxygen atoms in total. The highest BCUT2D eigenvalue weighted by atomic mass is 16.5. The number of carbonyl (C=O) groups is 3. The fourth-order valence-corrected chi connectivity index (χ4v) is 4.37. The molecule has 1 aliphatic heterocycles. The summed E-state index contributed by atoms with van der Waals surface area (Å²) in [6, 6.07) is 8.27. The number of hydrogen-bond donors (Lipinski definition) is 4. The Bertz CT molecular complexity index is 1080. The number of carboxylic acid groups (broad SMARTS) is 3. The molecule has 1 aromatic carbocycles. The van der Waals surface area contributed by atoms with Crippen molar-refractivity contribution in [3.63, 3.8) is 0 Å². The fraction of sp³-hybridized carbons (Fsp3) is 0.556. The maximum Gasteiger partial charge on any atom is 0.336 e. The second kappa shape index (κ2) is 15.2. The lowest BCUT2D eigenvalue weighted by molar-refractivity contribution is -0.170. The molecule has 2 heterocycles. The highest BCUT2D eigenvalue weighted by molar-refractivity contribution is 5.88. The molecule has 0 aliphatic carbocycles. The van der Waals surface area contributed by atoms with Crippen molar-refractivity contribution in [2.75, 3.05) is 20.3 Å². The van der Waals surface area contributed by atoms with Crippen LogP contribution in [0, 0.1) is 6.92 Å². The number of hydrogen-bond acceptors (Lipinski definition) is 8. The van der Waals surface area contributed by atoms with Crippen molar-refractivity contribution in [2.45, 2.75) is 77.3 Å². The van der Waals surface area contributed by atoms with Crippen LogP contribution in [0.3, 0.4) is 0 Å². The van der Waals surface area contributed by atoms with Gasteiger partial charge in [0.1, 0.15) is 5.75 Å². The Kier molecular flexibility index (Phi) is 12.4. The summed E-state index contributed by atoms with van der Waals surface area (Å²) in [5, 5.41) is 38.4. The zero-order valence-corrected chi connectivity index (χ0v) is 22.7. The Hall–Kier alpha value is -3.48. The Morgan fingerprint density at radius 1 is 1.13 bits per heavy atom. The van der Waals surface area contributed by atoms with Gasteiger partial charge in [0.05, 0.1) is 32.3 Å². The monoisotopic (exact) mass is 549 g/mol. The highest BCUT2D eigenvalue weighted by Crippen LogP contribution is 2.23. The van der Waals surface area contributed by atoms with E-state index in [9.17, 15) is 14.4 Å². The standard InChI is InChI=1S/C21H31N3O2.C6H8O7/c1-4-11-24-17(2)19(13-22-24)15-23(16-20-9-7-12-26-20)14-18-8-5-6-10-21(18)25-3;7-3(8)1-6(13,5(11)12)2-4(9)10/h5-6,8,10,13,20H,4,7,9,11-12,14-16H2,1-3H3;13H,1-2H2,(H,7,8)(H,9,10)(H,11,12). The van der Waals surface area contributed by atoms with Gasteiger partial charge in [-0.3, -0.25) is 19.2 Å². The second-order valence-electron chi connectivity index (χ2n) is 9.57. The van der Waals surface area contributed by atoms with Crippen LogP contribution < -0.4 is 4.74 Å². The molecular formula is C27H39N3O9. The van der Waals surface area contributed by atoms with Gasteiger partial charge in [0.2, 0.25) is 0 Å². The number of methoxy groups -OCH3 is 1. The Morgan fingerprint density at radius 2 is 1.77 bits per heavy atom. The minimum atomic E-state index is -2.74. The van der Waals surface area contributed by atoms with Gasteiger partial charge in [-0.2, -0.15) is 5.10 Å². The van der Waals surface area contributed by atoms with Crippen LogP contribution in [0.1, 0.15) is 55.8 Å². The smallest absolute Gasteiger partial charge is 0.336 e. The van der Waals surface area contributed by atoms with Gasteiger partial charge in [-0.25, -0.2) is 4.79 Å². The van der Waals surface area contributed by atoms with Crippen LogP contribution in [0.5, 0.6) is 5.75 Å². The molecule has 4 N–H and O–H groups in total. The number of aliphatic hydroxyl groups is 1. The SMILES string of the molecule is CCCn1ncc(CN(Cc2ccccc2OC)CC2CCCO2)c1C.O=C(O)CC(O)(CC(=O)O)C(=O)O. The van der Waals surface area contributed by atoms with Crippen LogP contribution in [-0.4, -0.2) is 85.0 Å². The van der Waals surface area contributed by atoms with Crippen LogP contribution in [0.2, 0.25) is 0 Å². The second-order valence-corrected chi connectivity index (χ2v) is 9.57. The van der Waals surface area contributed by atoms with Crippen LogP contribution in [0.25, 0.3) is 0 Å². The van der Waals surface area contributed by atoms with Crippen LogP contribution >= 0.6 is 0 Å². The number of ether oxygens (including phenoxy) is 2. The van der Waals surface area contributed by atoms with Crippen LogP contribution in [0.15, 0.2) is 30.5 Å². The first-order chi connectivity index (χ1) is 18.5. The molecule has 2 aromatic rings. The molecule has 1 atom stereocenters. The first kappa shape index (κ1) is 31.7. The van der Waals surface area contributed by atoms with E-state index in [0.29, 0.717) is 6.10 Å². The Balaban J connectivity index is 0.000000349. The van der Waals surface area contributed by atoms with Crippen molar-refractivity contribution in [1.29, 1.82) is 0 Å². The van der Waals surface area contributed by atoms with Crippen LogP contribution in [0.4, 0.5) is 0 Å². The van der Waals surface area contributed by atoms with Crippen molar-refractivity contribution in [3.05, 3.63) is 47.3 Å². The first-order valence-corrected chi connectivity index (χ1v) is 12.9. The lowest BCUT2D eigenvalue weighted by atomic mass is 9.96. The van der Waals surface area contributed by atoms with Crippen molar-refractivity contribution in [1.82, 2.24) is 14.7 Å². The summed E-state index contributed by atoms with van der Waals surface area (Å²) >= 11 is 0. The summed E-state index contributed by atoms with van der Waals surface area (Å²) in [6.45, 7) is 8.90. The van der Waals surface area contributed by atoms with Crippen LogP contribution in [-0.2, 0) is 38.8 Å². The molecule has 1 aliphatic rings. The average molecular weight is 550 g/mol. The quantitative estimate of drug-likeness (QED) is 0.273. The van der Waals surface area contributed by atoms with Crippen molar-refractivity contribution < 1.29 is 44.3 Å². The number of para-hydroxylation sites is 1. The molecule has 1 fully saturated rings. The van der Waals surface area contributed by atoms with Gasteiger partial charge < -0.3 is 29.9 Å². The van der Waals surface area contributed by atoms with E-state index < -0.39 is 36.4 Å². The minimum Gasteiger partial charge on any atom is -0.496 e. The number of benzene rings is 1. The first-order valence-electron chi connectivity index (χ1n) is 12.9. The van der Waals surface area contributed by atoms with E-state index in [0.717, 1.165) is 51.4 Å². The molecule has 0 saturated carbocycles. The van der Waals surface area contributed by atoms with Gasteiger partial charge in [-0.1, -0.05) is 25.1 Å². The molecule has 216 valence electrons. The summed E-state index contributed by atoms with van der Waals surface area (Å²) in [4.78, 5) is 33.0. The topological polar surface area (TPSA) is 172 Å². The largest absolute Gasteiger partial charge is 0.496 e. The molecule has 0 spiro atoms. The predicted molar refractivity (Wildman–Crippen MR) is 140 cm³/mol. The molecule has 0 radical (unpaired) electrons. The summed E-state index contributed by atoms with van der Waals surface area (Å²) in [5.41, 5.74) is 1.04. The Labute approximate surface area is 227 Å². The molecule has 0 bridgehead atoms. The van der Waals surface area contributed by atoms with E-state index >= 15 is 0 Å². The van der Waals surface area contributed by atoms with Gasteiger partial charge in [0.25, 0.3) is 0 Å². The molecule has 39 heavy (non-hydrogen) atoms. The molecule has 12 heteroatoms. The lowest BCUT2D eigenvalue weighted by Gasteiger charge is -2.26. The number of carboxylic acids is 3. The lowest BCUT2D eigenvalue weighted by Crippen LogP contribution is -2.42. The number of aliphatic carboxylic acids is 3. The molecule has 3 rings (SSSR count). The third-order valence-corrected chi connectivity index (χ3v) is 6.39. The van der Waals surface area contributed by atoms with Gasteiger partial charge in [-0.05, 0) is 32.3 Å². The maximum atomic E-state index is 10.3. The third kappa shape index (κ3) is 9.97. The summed E-state index contributed by atoms with van der Waals surface area (Å²) < 4.78 is 13.6. The number of aryl methyl sites for hydroxylation is 1. The van der Waals surface area contributed by atoms with Gasteiger partial charge in [0, 0.05) is 49.6 Å². The maximum absolute atomic E-state index is 10.3. The highest BCUT2D eigenvalue weighted by Gasteiger charge is 2.40. The van der Waals surface area contributed by atoms with Crippen molar-refractivity contribution in [3.8, 4) is 5.75 Å². The molecule has 0 amide bonds. The average Bonchev–Trinajstić information content (AvgIpc) is 3.49. The van der Waals surface area contributed by atoms with E-state index in [1.165, 1.54) is 23.2 Å². The van der Waals surface area contributed by atoms with E-state index in [1.54, 1.807) is 7.11 Å². The number of nitrogens with zero attached hydrogens (tertiary/aromatic N) is 3. The third-order valence-electron chi connectivity index (χ3n) is 6.39. The van der Waals surface area contributed by atoms with Gasteiger partial charge >= 0.3 is 17.9 Å². The molecular weight excluding hydrogens is 510 g/mol. The molecule has 1 saturated heterocycles. The summed E-state index contributed by atoms with van der Waals surface area (Å²) in [7, 11) is 1.74. The van der Waals surface area contributed by atoms with E-state index in [1.807, 2.05) is 18.3 Å². The predicted octanol–water partition coefficient (Wildman–Crippen LogP) is 2.54. The van der Waals surface area contributed by atoms with E-state index in [-0.39, 0.29) is 0 Å². The Morgan fingerprint density at radius 3 is 2.31 bits per heavy atom. The molecule has 1 aromatic heterocycles. The van der Waals surface area contributed by atoms with Gasteiger partial charge in [0.15, 0.2) is 5.60 Å². The van der Waals surface area contributed by atoms with Gasteiger partial charge in [-0.15, -0.1) is 0 Å². The van der Waals surface area contributed by atoms with Crippen molar-refractivity contribution >= 4 is 17.9 Å². The molecule has 1 unspecified atom stereocenters. The number of rotatable bonds is 14. The summed E-state index contributed by atoms with van der Waals surface area (Å²) in [6.07, 6.45) is 3.48. The fourth-order valence-electron chi connectivity index (χ4n) is 4.37. The number of aromatic nitrogens is 2. The van der Waals surface area contributed by atoms with E-state index in [2.05, 4.69) is 40.7 Å².